The molecule has 1 aromatic heterocycles. The van der Waals surface area contributed by atoms with Crippen LogP contribution in [0.3, 0.4) is 0 Å². The first-order valence-electron chi connectivity index (χ1n) is 12.7. The molecule has 38 heavy (non-hydrogen) atoms. The van der Waals surface area contributed by atoms with Gasteiger partial charge in [0, 0.05) is 48.0 Å². The van der Waals surface area contributed by atoms with Crippen LogP contribution in [-0.2, 0) is 4.74 Å². The van der Waals surface area contributed by atoms with Crippen LogP contribution >= 0.6 is 0 Å². The van der Waals surface area contributed by atoms with Crippen LogP contribution in [0.5, 0.6) is 11.5 Å². The maximum atomic E-state index is 12.6. The number of carbonyl (C=O) groups excluding carboxylic acids is 1. The highest BCUT2D eigenvalue weighted by Crippen LogP contribution is 2.35. The normalized spacial score (nSPS) is 13.7. The summed E-state index contributed by atoms with van der Waals surface area (Å²) < 4.78 is 17.1. The van der Waals surface area contributed by atoms with E-state index in [0.29, 0.717) is 35.2 Å². The highest BCUT2D eigenvalue weighted by molar-refractivity contribution is 6.04. The van der Waals surface area contributed by atoms with Crippen molar-refractivity contribution in [3.05, 3.63) is 78.6 Å². The molecular formula is C29H31N5O4. The van der Waals surface area contributed by atoms with Crippen LogP contribution in [0.15, 0.2) is 73.1 Å². The van der Waals surface area contributed by atoms with Crippen molar-refractivity contribution in [1.82, 2.24) is 14.9 Å². The Labute approximate surface area is 221 Å². The van der Waals surface area contributed by atoms with E-state index in [1.807, 2.05) is 54.6 Å². The van der Waals surface area contributed by atoms with Gasteiger partial charge in [-0.3, -0.25) is 9.69 Å². The van der Waals surface area contributed by atoms with Crippen molar-refractivity contribution >= 4 is 34.0 Å². The Morgan fingerprint density at radius 2 is 1.79 bits per heavy atom. The summed E-state index contributed by atoms with van der Waals surface area (Å²) in [6.45, 7) is 5.07. The number of hydrogen-bond acceptors (Lipinski definition) is 8. The van der Waals surface area contributed by atoms with Crippen molar-refractivity contribution in [2.75, 3.05) is 57.2 Å². The summed E-state index contributed by atoms with van der Waals surface area (Å²) in [7, 11) is 1.62. The average Bonchev–Trinajstić information content (AvgIpc) is 2.96. The van der Waals surface area contributed by atoms with E-state index in [2.05, 4.69) is 25.5 Å². The molecule has 3 aromatic carbocycles. The number of morpholine rings is 1. The SMILES string of the molecule is COc1cc2c(Nc3cccc(NC(=O)c4ccccc4)c3)ncnc2cc1OCCCN1CCOCC1. The highest BCUT2D eigenvalue weighted by atomic mass is 16.5. The number of amides is 1. The molecule has 2 N–H and O–H groups in total. The van der Waals surface area contributed by atoms with Gasteiger partial charge in [-0.25, -0.2) is 9.97 Å². The predicted molar refractivity (Wildman–Crippen MR) is 148 cm³/mol. The van der Waals surface area contributed by atoms with E-state index in [-0.39, 0.29) is 5.91 Å². The van der Waals surface area contributed by atoms with Crippen LogP contribution in [0.1, 0.15) is 16.8 Å². The lowest BCUT2D eigenvalue weighted by Crippen LogP contribution is -2.37. The first-order valence-corrected chi connectivity index (χ1v) is 12.7. The number of anilines is 3. The second-order valence-electron chi connectivity index (χ2n) is 8.92. The summed E-state index contributed by atoms with van der Waals surface area (Å²) in [6.07, 6.45) is 2.43. The molecule has 0 bridgehead atoms. The lowest BCUT2D eigenvalue weighted by molar-refractivity contribution is 0.0357. The first-order chi connectivity index (χ1) is 18.7. The zero-order chi connectivity index (χ0) is 26.2. The summed E-state index contributed by atoms with van der Waals surface area (Å²) in [5.74, 6) is 1.72. The molecule has 196 valence electrons. The van der Waals surface area contributed by atoms with Crippen LogP contribution in [0.25, 0.3) is 10.9 Å². The van der Waals surface area contributed by atoms with Gasteiger partial charge in [0.1, 0.15) is 12.1 Å². The smallest absolute Gasteiger partial charge is 0.255 e. The van der Waals surface area contributed by atoms with Gasteiger partial charge in [-0.05, 0) is 42.8 Å². The maximum absolute atomic E-state index is 12.6. The third-order valence-corrected chi connectivity index (χ3v) is 6.32. The Bertz CT molecular complexity index is 1380. The molecule has 0 spiro atoms. The molecule has 0 atom stereocenters. The van der Waals surface area contributed by atoms with E-state index in [1.165, 1.54) is 6.33 Å². The first kappa shape index (κ1) is 25.4. The van der Waals surface area contributed by atoms with Gasteiger partial charge >= 0.3 is 0 Å². The number of aromatic nitrogens is 2. The minimum Gasteiger partial charge on any atom is -0.493 e. The number of hydrogen-bond donors (Lipinski definition) is 2. The number of benzene rings is 3. The Morgan fingerprint density at radius 1 is 0.974 bits per heavy atom. The summed E-state index contributed by atoms with van der Waals surface area (Å²) >= 11 is 0. The Balaban J connectivity index is 1.28. The van der Waals surface area contributed by atoms with Crippen molar-refractivity contribution < 1.29 is 19.0 Å². The van der Waals surface area contributed by atoms with Gasteiger partial charge in [0.25, 0.3) is 5.91 Å². The second-order valence-corrected chi connectivity index (χ2v) is 8.92. The summed E-state index contributed by atoms with van der Waals surface area (Å²) in [4.78, 5) is 23.8. The zero-order valence-electron chi connectivity index (χ0n) is 21.4. The van der Waals surface area contributed by atoms with Crippen molar-refractivity contribution in [3.8, 4) is 11.5 Å². The Morgan fingerprint density at radius 3 is 2.61 bits per heavy atom. The number of ether oxygens (including phenoxy) is 3. The largest absolute Gasteiger partial charge is 0.493 e. The molecule has 0 saturated carbocycles. The van der Waals surface area contributed by atoms with Crippen LogP contribution < -0.4 is 20.1 Å². The molecule has 1 amide bonds. The van der Waals surface area contributed by atoms with Gasteiger partial charge in [0.2, 0.25) is 0 Å². The Hall–Kier alpha value is -4.21. The van der Waals surface area contributed by atoms with E-state index >= 15 is 0 Å². The van der Waals surface area contributed by atoms with Gasteiger partial charge in [-0.2, -0.15) is 0 Å². The standard InChI is InChI=1S/C29H31N5O4/c1-36-26-18-24-25(19-27(26)38-14-6-11-34-12-15-37-16-13-34)30-20-31-28(24)32-22-9-5-10-23(17-22)33-29(35)21-7-3-2-4-8-21/h2-5,7-10,17-20H,6,11-16H2,1H3,(H,33,35)(H,30,31,32). The molecule has 1 aliphatic heterocycles. The molecule has 0 unspecified atom stereocenters. The highest BCUT2D eigenvalue weighted by Gasteiger charge is 2.14. The van der Waals surface area contributed by atoms with Crippen molar-refractivity contribution in [2.24, 2.45) is 0 Å². The van der Waals surface area contributed by atoms with Crippen molar-refractivity contribution in [1.29, 1.82) is 0 Å². The average molecular weight is 514 g/mol. The van der Waals surface area contributed by atoms with Gasteiger partial charge < -0.3 is 24.8 Å². The third-order valence-electron chi connectivity index (χ3n) is 6.32. The fourth-order valence-electron chi connectivity index (χ4n) is 4.34. The Kier molecular flexibility index (Phi) is 8.27. The van der Waals surface area contributed by atoms with Crippen LogP contribution in [0, 0.1) is 0 Å². The molecule has 4 aromatic rings. The quantitative estimate of drug-likeness (QED) is 0.294. The molecule has 1 fully saturated rings. The summed E-state index contributed by atoms with van der Waals surface area (Å²) in [5.41, 5.74) is 2.78. The molecule has 9 heteroatoms. The zero-order valence-corrected chi connectivity index (χ0v) is 21.4. The molecule has 5 rings (SSSR count). The van der Waals surface area contributed by atoms with Crippen molar-refractivity contribution in [2.45, 2.75) is 6.42 Å². The monoisotopic (exact) mass is 513 g/mol. The van der Waals surface area contributed by atoms with E-state index in [0.717, 1.165) is 55.9 Å². The molecule has 9 nitrogen and oxygen atoms in total. The van der Waals surface area contributed by atoms with E-state index in [9.17, 15) is 4.79 Å². The second kappa shape index (κ2) is 12.4. The topological polar surface area (TPSA) is 97.8 Å². The molecule has 0 radical (unpaired) electrons. The third kappa shape index (κ3) is 6.37. The van der Waals surface area contributed by atoms with Crippen molar-refractivity contribution in [3.63, 3.8) is 0 Å². The van der Waals surface area contributed by atoms with Gasteiger partial charge in [0.15, 0.2) is 11.5 Å². The number of fused-ring (bicyclic) bond motifs is 1. The molecule has 1 aliphatic rings. The lowest BCUT2D eigenvalue weighted by atomic mass is 10.2. The molecule has 2 heterocycles. The van der Waals surface area contributed by atoms with E-state index in [4.69, 9.17) is 14.2 Å². The number of carbonyl (C=O) groups is 1. The van der Waals surface area contributed by atoms with Crippen LogP contribution in [0.4, 0.5) is 17.2 Å². The number of rotatable bonds is 10. The van der Waals surface area contributed by atoms with E-state index in [1.54, 1.807) is 19.2 Å². The van der Waals surface area contributed by atoms with Gasteiger partial charge in [-0.1, -0.05) is 24.3 Å². The lowest BCUT2D eigenvalue weighted by Gasteiger charge is -2.26. The number of methoxy groups -OCH3 is 1. The van der Waals surface area contributed by atoms with Gasteiger partial charge in [-0.15, -0.1) is 0 Å². The number of nitrogens with one attached hydrogen (secondary N) is 2. The minimum absolute atomic E-state index is 0.169. The maximum Gasteiger partial charge on any atom is 0.255 e. The molecular weight excluding hydrogens is 482 g/mol. The van der Waals surface area contributed by atoms with Gasteiger partial charge in [0.05, 0.1) is 32.4 Å². The number of nitrogens with zero attached hydrogens (tertiary/aromatic N) is 3. The van der Waals surface area contributed by atoms with E-state index < -0.39 is 0 Å². The minimum atomic E-state index is -0.169. The van der Waals surface area contributed by atoms with Crippen LogP contribution in [0.2, 0.25) is 0 Å². The fourth-order valence-corrected chi connectivity index (χ4v) is 4.34. The predicted octanol–water partition coefficient (Wildman–Crippen LogP) is 4.74. The summed E-state index contributed by atoms with van der Waals surface area (Å²) in [5, 5.41) is 7.08. The summed E-state index contributed by atoms with van der Waals surface area (Å²) in [6, 6.07) is 20.4. The fraction of sp³-hybridized carbons (Fsp3) is 0.276. The van der Waals surface area contributed by atoms with Crippen LogP contribution in [-0.4, -0.2) is 67.3 Å². The molecule has 0 aliphatic carbocycles. The molecule has 1 saturated heterocycles.